The van der Waals surface area contributed by atoms with E-state index in [2.05, 4.69) is 0 Å². The van der Waals surface area contributed by atoms with E-state index in [1.165, 1.54) is 4.57 Å². The molecule has 0 saturated heterocycles. The molecule has 1 heterocycles. The predicted octanol–water partition coefficient (Wildman–Crippen LogP) is -0.0102. The number of hydrogen-bond donors (Lipinski definition) is 2. The molecule has 82 valence electrons. The summed E-state index contributed by atoms with van der Waals surface area (Å²) in [4.78, 5) is 35.1. The number of H-pyrrole nitrogens is 1. The molecule has 2 N–H and O–H groups in total. The van der Waals surface area contributed by atoms with Crippen molar-refractivity contribution in [3.8, 4) is 0 Å². The number of aromatic carboxylic acids is 1. The number of carboxylic acid groups (broad SMARTS) is 1. The van der Waals surface area contributed by atoms with Gasteiger partial charge in [0.15, 0.2) is 0 Å². The number of rotatable bonds is 1. The molecule has 1 aromatic heterocycles. The fourth-order valence-electron chi connectivity index (χ4n) is 1.12. The highest BCUT2D eigenvalue weighted by Gasteiger charge is 2.18. The SMILES string of the molecule is CC(C)(C)n1cc(C(=O)O)c(=O)[nH]c1=O. The third kappa shape index (κ3) is 2.15. The van der Waals surface area contributed by atoms with Crippen LogP contribution in [0.5, 0.6) is 0 Å². The summed E-state index contributed by atoms with van der Waals surface area (Å²) in [5.41, 5.74) is -2.51. The van der Waals surface area contributed by atoms with Gasteiger partial charge in [0.05, 0.1) is 0 Å². The number of aromatic nitrogens is 2. The Kier molecular flexibility index (Phi) is 2.53. The van der Waals surface area contributed by atoms with Gasteiger partial charge in [0.1, 0.15) is 5.56 Å². The van der Waals surface area contributed by atoms with Crippen molar-refractivity contribution in [1.29, 1.82) is 0 Å². The number of carbonyl (C=O) groups is 1. The average Bonchev–Trinajstić information content (AvgIpc) is 2.00. The van der Waals surface area contributed by atoms with Crippen LogP contribution in [0, 0.1) is 0 Å². The van der Waals surface area contributed by atoms with Crippen molar-refractivity contribution in [2.24, 2.45) is 0 Å². The molecule has 0 aliphatic carbocycles. The van der Waals surface area contributed by atoms with Crippen LogP contribution in [0.1, 0.15) is 31.1 Å². The maximum Gasteiger partial charge on any atom is 0.342 e. The van der Waals surface area contributed by atoms with Crippen molar-refractivity contribution >= 4 is 5.97 Å². The second kappa shape index (κ2) is 3.38. The van der Waals surface area contributed by atoms with Crippen molar-refractivity contribution in [1.82, 2.24) is 9.55 Å². The molecule has 0 saturated carbocycles. The number of carboxylic acids is 1. The molecule has 1 rings (SSSR count). The Labute approximate surface area is 85.2 Å². The van der Waals surface area contributed by atoms with Crippen LogP contribution >= 0.6 is 0 Å². The maximum atomic E-state index is 11.4. The molecule has 0 unspecified atom stereocenters. The van der Waals surface area contributed by atoms with Gasteiger partial charge in [-0.05, 0) is 20.8 Å². The van der Waals surface area contributed by atoms with Gasteiger partial charge in [-0.3, -0.25) is 14.3 Å². The summed E-state index contributed by atoms with van der Waals surface area (Å²) in [7, 11) is 0. The Morgan fingerprint density at radius 2 is 1.93 bits per heavy atom. The first-order chi connectivity index (χ1) is 6.73. The van der Waals surface area contributed by atoms with E-state index in [4.69, 9.17) is 5.11 Å². The summed E-state index contributed by atoms with van der Waals surface area (Å²) in [5, 5.41) is 8.71. The van der Waals surface area contributed by atoms with Gasteiger partial charge in [-0.1, -0.05) is 0 Å². The molecule has 0 aromatic carbocycles. The summed E-state index contributed by atoms with van der Waals surface area (Å²) >= 11 is 0. The highest BCUT2D eigenvalue weighted by atomic mass is 16.4. The Morgan fingerprint density at radius 3 is 2.33 bits per heavy atom. The summed E-state index contributed by atoms with van der Waals surface area (Å²) in [6.45, 7) is 5.20. The Morgan fingerprint density at radius 1 is 1.40 bits per heavy atom. The Hall–Kier alpha value is -1.85. The van der Waals surface area contributed by atoms with Crippen LogP contribution in [0.25, 0.3) is 0 Å². The van der Waals surface area contributed by atoms with E-state index >= 15 is 0 Å². The minimum absolute atomic E-state index is 0.440. The molecular weight excluding hydrogens is 200 g/mol. The van der Waals surface area contributed by atoms with E-state index in [-0.39, 0.29) is 0 Å². The summed E-state index contributed by atoms with van der Waals surface area (Å²) in [5.74, 6) is -1.35. The highest BCUT2D eigenvalue weighted by molar-refractivity contribution is 5.86. The standard InChI is InChI=1S/C9H12N2O4/c1-9(2,3)11-4-5(7(13)14)6(12)10-8(11)15/h4H,1-3H3,(H,13,14)(H,10,12,15). The second-order valence-electron chi connectivity index (χ2n) is 4.15. The van der Waals surface area contributed by atoms with Crippen LogP contribution in [0.15, 0.2) is 15.8 Å². The van der Waals surface area contributed by atoms with E-state index in [9.17, 15) is 14.4 Å². The zero-order valence-electron chi connectivity index (χ0n) is 8.70. The van der Waals surface area contributed by atoms with Crippen LogP contribution < -0.4 is 11.2 Å². The van der Waals surface area contributed by atoms with Gasteiger partial charge in [-0.25, -0.2) is 9.59 Å². The third-order valence-electron chi connectivity index (χ3n) is 1.90. The zero-order chi connectivity index (χ0) is 11.8. The minimum atomic E-state index is -1.35. The first-order valence-corrected chi connectivity index (χ1v) is 4.33. The Balaban J connectivity index is 3.58. The molecule has 0 fully saturated rings. The van der Waals surface area contributed by atoms with Gasteiger partial charge in [-0.2, -0.15) is 0 Å². The lowest BCUT2D eigenvalue weighted by atomic mass is 10.1. The van der Waals surface area contributed by atoms with Gasteiger partial charge in [0.2, 0.25) is 0 Å². The average molecular weight is 212 g/mol. The van der Waals surface area contributed by atoms with Crippen LogP contribution in [-0.4, -0.2) is 20.6 Å². The van der Waals surface area contributed by atoms with Crippen LogP contribution in [0.4, 0.5) is 0 Å². The molecule has 0 amide bonds. The van der Waals surface area contributed by atoms with Gasteiger partial charge in [0.25, 0.3) is 5.56 Å². The molecule has 6 heteroatoms. The Bertz CT molecular complexity index is 504. The second-order valence-corrected chi connectivity index (χ2v) is 4.15. The summed E-state index contributed by atoms with van der Waals surface area (Å²) in [6, 6.07) is 0. The molecule has 0 aliphatic rings. The van der Waals surface area contributed by atoms with Crippen molar-refractivity contribution in [3.05, 3.63) is 32.6 Å². The van der Waals surface area contributed by atoms with Crippen molar-refractivity contribution in [2.45, 2.75) is 26.3 Å². The van der Waals surface area contributed by atoms with E-state index < -0.39 is 28.3 Å². The zero-order valence-corrected chi connectivity index (χ0v) is 8.70. The van der Waals surface area contributed by atoms with E-state index in [0.717, 1.165) is 6.20 Å². The largest absolute Gasteiger partial charge is 0.477 e. The maximum absolute atomic E-state index is 11.4. The molecule has 15 heavy (non-hydrogen) atoms. The first kappa shape index (κ1) is 11.2. The predicted molar refractivity (Wildman–Crippen MR) is 53.3 cm³/mol. The smallest absolute Gasteiger partial charge is 0.342 e. The molecule has 0 aliphatic heterocycles. The van der Waals surface area contributed by atoms with E-state index in [1.54, 1.807) is 20.8 Å². The van der Waals surface area contributed by atoms with Gasteiger partial charge in [-0.15, -0.1) is 0 Å². The van der Waals surface area contributed by atoms with E-state index in [1.807, 2.05) is 4.98 Å². The quantitative estimate of drug-likeness (QED) is 0.684. The molecular formula is C9H12N2O4. The summed E-state index contributed by atoms with van der Waals surface area (Å²) in [6.07, 6.45) is 1.06. The molecule has 0 bridgehead atoms. The molecule has 0 atom stereocenters. The lowest BCUT2D eigenvalue weighted by Gasteiger charge is -2.21. The van der Waals surface area contributed by atoms with Crippen molar-refractivity contribution in [2.75, 3.05) is 0 Å². The first-order valence-electron chi connectivity index (χ1n) is 4.33. The van der Waals surface area contributed by atoms with Crippen LogP contribution in [0.2, 0.25) is 0 Å². The molecule has 0 spiro atoms. The van der Waals surface area contributed by atoms with Crippen molar-refractivity contribution in [3.63, 3.8) is 0 Å². The van der Waals surface area contributed by atoms with Crippen LogP contribution in [0.3, 0.4) is 0 Å². The van der Waals surface area contributed by atoms with Crippen LogP contribution in [-0.2, 0) is 5.54 Å². The topological polar surface area (TPSA) is 92.2 Å². The molecule has 1 aromatic rings. The molecule has 6 nitrogen and oxygen atoms in total. The fourth-order valence-corrected chi connectivity index (χ4v) is 1.12. The number of nitrogens with zero attached hydrogens (tertiary/aromatic N) is 1. The normalized spacial score (nSPS) is 11.4. The number of nitrogens with one attached hydrogen (secondary N) is 1. The van der Waals surface area contributed by atoms with Gasteiger partial charge < -0.3 is 5.11 Å². The highest BCUT2D eigenvalue weighted by Crippen LogP contribution is 2.09. The van der Waals surface area contributed by atoms with Gasteiger partial charge in [0, 0.05) is 11.7 Å². The lowest BCUT2D eigenvalue weighted by molar-refractivity contribution is 0.0693. The van der Waals surface area contributed by atoms with E-state index in [0.29, 0.717) is 0 Å². The summed E-state index contributed by atoms with van der Waals surface area (Å²) < 4.78 is 1.18. The minimum Gasteiger partial charge on any atom is -0.477 e. The van der Waals surface area contributed by atoms with Gasteiger partial charge >= 0.3 is 11.7 Å². The van der Waals surface area contributed by atoms with Crippen molar-refractivity contribution < 1.29 is 9.90 Å². The third-order valence-corrected chi connectivity index (χ3v) is 1.90. The molecule has 0 radical (unpaired) electrons. The monoisotopic (exact) mass is 212 g/mol. The number of aromatic amines is 1. The number of hydrogen-bond acceptors (Lipinski definition) is 3. The lowest BCUT2D eigenvalue weighted by Crippen LogP contribution is -2.40. The fraction of sp³-hybridized carbons (Fsp3) is 0.444.